The minimum Gasteiger partial charge on any atom is -0.457 e. The summed E-state index contributed by atoms with van der Waals surface area (Å²) in [6.45, 7) is 2.33. The molecule has 0 fully saturated rings. The van der Waals surface area contributed by atoms with Gasteiger partial charge in [0.1, 0.15) is 12.4 Å². The normalized spacial score (nSPS) is 12.0. The van der Waals surface area contributed by atoms with Crippen molar-refractivity contribution >= 4 is 5.97 Å². The molecule has 0 bridgehead atoms. The number of aromatic nitrogens is 6. The minimum atomic E-state index is -0.394. The summed E-state index contributed by atoms with van der Waals surface area (Å²) in [5.41, 5.74) is 1.14. The van der Waals surface area contributed by atoms with Crippen molar-refractivity contribution in [3.63, 3.8) is 0 Å². The van der Waals surface area contributed by atoms with Gasteiger partial charge in [-0.3, -0.25) is 4.68 Å². The Hall–Kier alpha value is -3.03. The van der Waals surface area contributed by atoms with Gasteiger partial charge in [0.05, 0.1) is 17.8 Å². The third-order valence-corrected chi connectivity index (χ3v) is 3.01. The molecule has 0 spiro atoms. The van der Waals surface area contributed by atoms with Crippen molar-refractivity contribution in [2.24, 2.45) is 0 Å². The number of carbonyl (C=O) groups is 1. The van der Waals surface area contributed by atoms with Gasteiger partial charge < -0.3 is 4.74 Å². The molecule has 2 heterocycles. The average molecular weight is 298 g/mol. The fourth-order valence-corrected chi connectivity index (χ4v) is 2.01. The van der Waals surface area contributed by atoms with Crippen molar-refractivity contribution in [2.75, 3.05) is 0 Å². The fourth-order valence-electron chi connectivity index (χ4n) is 2.01. The average Bonchev–Trinajstić information content (AvgIpc) is 3.20. The summed E-state index contributed by atoms with van der Waals surface area (Å²) < 4.78 is 8.62. The predicted molar refractivity (Wildman–Crippen MR) is 76.3 cm³/mol. The molecular weight excluding hydrogens is 284 g/mol. The first kappa shape index (κ1) is 13.9. The lowest BCUT2D eigenvalue weighted by atomic mass is 10.2. The molecule has 1 atom stereocenters. The van der Waals surface area contributed by atoms with Crippen LogP contribution in [0.2, 0.25) is 0 Å². The molecule has 2 aromatic heterocycles. The largest absolute Gasteiger partial charge is 0.457 e. The monoisotopic (exact) mass is 298 g/mol. The van der Waals surface area contributed by atoms with Crippen molar-refractivity contribution in [1.82, 2.24) is 30.0 Å². The van der Waals surface area contributed by atoms with Crippen molar-refractivity contribution in [1.29, 1.82) is 0 Å². The Morgan fingerprint density at radius 1 is 1.36 bits per heavy atom. The van der Waals surface area contributed by atoms with Crippen LogP contribution in [-0.2, 0) is 11.3 Å². The maximum Gasteiger partial charge on any atom is 0.338 e. The van der Waals surface area contributed by atoms with Crippen molar-refractivity contribution in [3.05, 3.63) is 54.6 Å². The molecular formula is C14H14N6O2. The van der Waals surface area contributed by atoms with Gasteiger partial charge in [-0.2, -0.15) is 5.10 Å². The zero-order valence-corrected chi connectivity index (χ0v) is 11.9. The van der Waals surface area contributed by atoms with E-state index in [-0.39, 0.29) is 6.10 Å². The van der Waals surface area contributed by atoms with Gasteiger partial charge in [0.2, 0.25) is 0 Å². The Labute approximate surface area is 126 Å². The van der Waals surface area contributed by atoms with Crippen LogP contribution in [0.1, 0.15) is 17.3 Å². The molecule has 0 aliphatic carbocycles. The highest BCUT2D eigenvalue weighted by Gasteiger charge is 2.13. The Bertz CT molecular complexity index is 739. The number of carbonyl (C=O) groups excluding carboxylic acids is 1. The molecule has 8 nitrogen and oxygen atoms in total. The maximum atomic E-state index is 12.2. The lowest BCUT2D eigenvalue weighted by Gasteiger charge is -2.13. The number of benzene rings is 1. The van der Waals surface area contributed by atoms with Crippen molar-refractivity contribution < 1.29 is 9.53 Å². The number of hydrogen-bond donors (Lipinski definition) is 0. The number of tetrazole rings is 1. The quantitative estimate of drug-likeness (QED) is 0.656. The molecule has 8 heteroatoms. The van der Waals surface area contributed by atoms with Crippen LogP contribution in [0, 0.1) is 0 Å². The van der Waals surface area contributed by atoms with Crippen LogP contribution in [0.3, 0.4) is 0 Å². The second-order valence-corrected chi connectivity index (χ2v) is 4.75. The Balaban J connectivity index is 1.68. The maximum absolute atomic E-state index is 12.2. The van der Waals surface area contributed by atoms with Crippen LogP contribution in [0.5, 0.6) is 0 Å². The van der Waals surface area contributed by atoms with Crippen LogP contribution in [0.15, 0.2) is 49.1 Å². The van der Waals surface area contributed by atoms with Crippen LogP contribution < -0.4 is 0 Å². The first-order valence-corrected chi connectivity index (χ1v) is 6.74. The number of rotatable bonds is 5. The smallest absolute Gasteiger partial charge is 0.338 e. The molecule has 0 radical (unpaired) electrons. The van der Waals surface area contributed by atoms with Gasteiger partial charge in [-0.1, -0.05) is 6.07 Å². The number of esters is 1. The van der Waals surface area contributed by atoms with E-state index in [0.717, 1.165) is 0 Å². The van der Waals surface area contributed by atoms with Crippen molar-refractivity contribution in [2.45, 2.75) is 19.6 Å². The van der Waals surface area contributed by atoms with E-state index in [9.17, 15) is 4.79 Å². The molecule has 0 amide bonds. The fraction of sp³-hybridized carbons (Fsp3) is 0.214. The summed E-state index contributed by atoms with van der Waals surface area (Å²) in [6, 6.07) is 8.76. The highest BCUT2D eigenvalue weighted by Crippen LogP contribution is 2.11. The molecule has 112 valence electrons. The highest BCUT2D eigenvalue weighted by atomic mass is 16.5. The topological polar surface area (TPSA) is 87.7 Å². The van der Waals surface area contributed by atoms with Crippen LogP contribution in [0.4, 0.5) is 0 Å². The lowest BCUT2D eigenvalue weighted by Crippen LogP contribution is -2.21. The molecule has 0 aliphatic rings. The van der Waals surface area contributed by atoms with E-state index >= 15 is 0 Å². The van der Waals surface area contributed by atoms with Gasteiger partial charge in [0.25, 0.3) is 0 Å². The van der Waals surface area contributed by atoms with Crippen LogP contribution in [0.25, 0.3) is 5.69 Å². The van der Waals surface area contributed by atoms with Gasteiger partial charge in [-0.25, -0.2) is 9.48 Å². The number of nitrogens with zero attached hydrogens (tertiary/aromatic N) is 6. The van der Waals surface area contributed by atoms with Crippen LogP contribution in [-0.4, -0.2) is 42.1 Å². The number of ether oxygens (including phenoxy) is 1. The van der Waals surface area contributed by atoms with Gasteiger partial charge in [-0.15, -0.1) is 5.10 Å². The van der Waals surface area contributed by atoms with E-state index in [1.807, 2.05) is 19.2 Å². The van der Waals surface area contributed by atoms with E-state index in [1.54, 1.807) is 35.1 Å². The van der Waals surface area contributed by atoms with Gasteiger partial charge in [-0.05, 0) is 41.6 Å². The first-order valence-electron chi connectivity index (χ1n) is 6.74. The Morgan fingerprint density at radius 2 is 2.27 bits per heavy atom. The lowest BCUT2D eigenvalue weighted by molar-refractivity contribution is 0.0299. The molecule has 3 aromatic rings. The third kappa shape index (κ3) is 3.17. The second-order valence-electron chi connectivity index (χ2n) is 4.75. The van der Waals surface area contributed by atoms with Gasteiger partial charge in [0.15, 0.2) is 0 Å². The summed E-state index contributed by atoms with van der Waals surface area (Å²) in [5, 5.41) is 15.0. The molecule has 1 aromatic carbocycles. The molecule has 3 rings (SSSR count). The highest BCUT2D eigenvalue weighted by molar-refractivity contribution is 5.90. The SMILES string of the molecule is C[C@@H](Cn1cccn1)OC(=O)c1cccc(-n2cnnn2)c1. The van der Waals surface area contributed by atoms with Crippen LogP contribution >= 0.6 is 0 Å². The predicted octanol–water partition coefficient (Wildman–Crippen LogP) is 1.10. The van der Waals surface area contributed by atoms with Gasteiger partial charge in [0, 0.05) is 12.4 Å². The van der Waals surface area contributed by atoms with E-state index in [4.69, 9.17) is 4.74 Å². The van der Waals surface area contributed by atoms with Gasteiger partial charge >= 0.3 is 5.97 Å². The molecule has 0 N–H and O–H groups in total. The summed E-state index contributed by atoms with van der Waals surface area (Å²) in [5.74, 6) is -0.394. The van der Waals surface area contributed by atoms with Crippen molar-refractivity contribution in [3.8, 4) is 5.69 Å². The Morgan fingerprint density at radius 3 is 3.00 bits per heavy atom. The summed E-state index contributed by atoms with van der Waals surface area (Å²) >= 11 is 0. The standard InChI is InChI=1S/C14H14N6O2/c1-11(9-19-7-3-6-16-19)22-14(21)12-4-2-5-13(8-12)20-10-15-17-18-20/h2-8,10-11H,9H2,1H3/t11-/m0/s1. The van der Waals surface area contributed by atoms with E-state index in [2.05, 4.69) is 20.6 Å². The van der Waals surface area contributed by atoms with E-state index < -0.39 is 5.97 Å². The van der Waals surface area contributed by atoms with E-state index in [0.29, 0.717) is 17.8 Å². The minimum absolute atomic E-state index is 0.288. The summed E-state index contributed by atoms with van der Waals surface area (Å²) in [6.07, 6.45) is 4.68. The molecule has 0 unspecified atom stereocenters. The Kier molecular flexibility index (Phi) is 3.90. The molecule has 0 aliphatic heterocycles. The van der Waals surface area contributed by atoms with E-state index in [1.165, 1.54) is 11.0 Å². The molecule has 0 saturated carbocycles. The summed E-state index contributed by atoms with van der Waals surface area (Å²) in [7, 11) is 0. The third-order valence-electron chi connectivity index (χ3n) is 3.01. The number of hydrogen-bond acceptors (Lipinski definition) is 6. The zero-order chi connectivity index (χ0) is 15.4. The second kappa shape index (κ2) is 6.17. The molecule has 0 saturated heterocycles. The zero-order valence-electron chi connectivity index (χ0n) is 11.9. The first-order chi connectivity index (χ1) is 10.7. The summed E-state index contributed by atoms with van der Waals surface area (Å²) in [4.78, 5) is 12.2. The molecule has 22 heavy (non-hydrogen) atoms.